The van der Waals surface area contributed by atoms with E-state index in [1.807, 2.05) is 0 Å². The number of hydrogen-bond donors (Lipinski definition) is 1. The molecule has 88 valence electrons. The third-order valence-corrected chi connectivity index (χ3v) is 2.97. The first-order valence-corrected chi connectivity index (χ1v) is 5.56. The lowest BCUT2D eigenvalue weighted by Gasteiger charge is -2.16. The van der Waals surface area contributed by atoms with Crippen molar-refractivity contribution in [2.45, 2.75) is 31.7 Å². The van der Waals surface area contributed by atoms with Crippen molar-refractivity contribution in [1.82, 2.24) is 5.32 Å². The van der Waals surface area contributed by atoms with Crippen molar-refractivity contribution in [3.8, 4) is 0 Å². The van der Waals surface area contributed by atoms with E-state index in [1.165, 1.54) is 0 Å². The van der Waals surface area contributed by atoms with Crippen LogP contribution in [-0.4, -0.2) is 6.54 Å². The summed E-state index contributed by atoms with van der Waals surface area (Å²) in [5.74, 6) is -3.61. The van der Waals surface area contributed by atoms with Crippen molar-refractivity contribution in [2.75, 3.05) is 6.54 Å². The fourth-order valence-corrected chi connectivity index (χ4v) is 2.09. The molecule has 0 amide bonds. The lowest BCUT2D eigenvalue weighted by molar-refractivity contribution is 0.438. The first-order valence-electron chi connectivity index (χ1n) is 5.56. The summed E-state index contributed by atoms with van der Waals surface area (Å²) in [5.41, 5.74) is 0.498. The van der Waals surface area contributed by atoms with Gasteiger partial charge in [0.05, 0.1) is 0 Å². The van der Waals surface area contributed by atoms with Crippen LogP contribution in [-0.2, 0) is 0 Å². The first-order chi connectivity index (χ1) is 7.68. The van der Waals surface area contributed by atoms with Crippen LogP contribution in [0.1, 0.15) is 37.3 Å². The Bertz CT molecular complexity index is 348. The average Bonchev–Trinajstić information content (AvgIpc) is 2.53. The van der Waals surface area contributed by atoms with Crippen LogP contribution < -0.4 is 5.32 Å². The maximum Gasteiger partial charge on any atom is 0.194 e. The largest absolute Gasteiger partial charge is 0.310 e. The molecule has 1 N–H and O–H groups in total. The van der Waals surface area contributed by atoms with Gasteiger partial charge in [0.1, 0.15) is 0 Å². The Kier molecular flexibility index (Phi) is 3.49. The molecule has 1 atom stereocenters. The van der Waals surface area contributed by atoms with Crippen LogP contribution >= 0.6 is 0 Å². The molecular formula is C12H14F3N. The Morgan fingerprint density at radius 1 is 1.00 bits per heavy atom. The van der Waals surface area contributed by atoms with E-state index in [9.17, 15) is 13.2 Å². The highest BCUT2D eigenvalue weighted by molar-refractivity contribution is 5.22. The number of benzene rings is 1. The average molecular weight is 229 g/mol. The van der Waals surface area contributed by atoms with Gasteiger partial charge in [-0.05, 0) is 37.1 Å². The molecule has 1 unspecified atom stereocenters. The smallest absolute Gasteiger partial charge is 0.194 e. The standard InChI is InChI=1S/C12H14F3N/c13-9-6-8(7-10(14)12(9)15)11-4-2-1-3-5-16-11/h6-7,11,16H,1-5H2. The molecule has 0 spiro atoms. The fourth-order valence-electron chi connectivity index (χ4n) is 2.09. The Morgan fingerprint density at radius 3 is 2.38 bits per heavy atom. The van der Waals surface area contributed by atoms with E-state index in [0.717, 1.165) is 44.4 Å². The van der Waals surface area contributed by atoms with Gasteiger partial charge in [0.2, 0.25) is 0 Å². The van der Waals surface area contributed by atoms with Crippen molar-refractivity contribution in [2.24, 2.45) is 0 Å². The summed E-state index contributed by atoms with van der Waals surface area (Å²) in [6.07, 6.45) is 4.06. The first kappa shape index (κ1) is 11.5. The highest BCUT2D eigenvalue weighted by Crippen LogP contribution is 2.25. The number of rotatable bonds is 1. The summed E-state index contributed by atoms with van der Waals surface area (Å²) in [6, 6.07) is 2.11. The van der Waals surface area contributed by atoms with Gasteiger partial charge in [-0.1, -0.05) is 12.8 Å². The number of hydrogen-bond acceptors (Lipinski definition) is 1. The van der Waals surface area contributed by atoms with E-state index < -0.39 is 17.5 Å². The molecule has 0 radical (unpaired) electrons. The van der Waals surface area contributed by atoms with Gasteiger partial charge in [0, 0.05) is 6.04 Å². The highest BCUT2D eigenvalue weighted by Gasteiger charge is 2.18. The van der Waals surface area contributed by atoms with Crippen LogP contribution in [0.5, 0.6) is 0 Å². The molecule has 1 aliphatic rings. The summed E-state index contributed by atoms with van der Waals surface area (Å²) in [6.45, 7) is 0.839. The molecule has 0 saturated carbocycles. The van der Waals surface area contributed by atoms with Gasteiger partial charge in [-0.25, -0.2) is 13.2 Å². The van der Waals surface area contributed by atoms with Gasteiger partial charge in [-0.3, -0.25) is 0 Å². The van der Waals surface area contributed by atoms with Gasteiger partial charge in [-0.2, -0.15) is 0 Å². The highest BCUT2D eigenvalue weighted by atomic mass is 19.2. The second-order valence-electron chi connectivity index (χ2n) is 4.15. The second kappa shape index (κ2) is 4.87. The molecule has 0 aliphatic carbocycles. The minimum atomic E-state index is -1.39. The third kappa shape index (κ3) is 2.38. The minimum absolute atomic E-state index is 0.0629. The Morgan fingerprint density at radius 2 is 1.69 bits per heavy atom. The van der Waals surface area contributed by atoms with Crippen LogP contribution in [0.2, 0.25) is 0 Å². The van der Waals surface area contributed by atoms with Crippen molar-refractivity contribution in [3.05, 3.63) is 35.1 Å². The van der Waals surface area contributed by atoms with Gasteiger partial charge < -0.3 is 5.32 Å². The lowest BCUT2D eigenvalue weighted by atomic mass is 10.0. The van der Waals surface area contributed by atoms with E-state index in [-0.39, 0.29) is 6.04 Å². The summed E-state index contributed by atoms with van der Waals surface area (Å²) in [7, 11) is 0. The maximum atomic E-state index is 13.1. The van der Waals surface area contributed by atoms with E-state index in [4.69, 9.17) is 0 Å². The molecule has 1 nitrogen and oxygen atoms in total. The van der Waals surface area contributed by atoms with Gasteiger partial charge >= 0.3 is 0 Å². The minimum Gasteiger partial charge on any atom is -0.310 e. The fraction of sp³-hybridized carbons (Fsp3) is 0.500. The van der Waals surface area contributed by atoms with E-state index in [1.54, 1.807) is 0 Å². The van der Waals surface area contributed by atoms with Gasteiger partial charge in [0.25, 0.3) is 0 Å². The zero-order chi connectivity index (χ0) is 11.5. The van der Waals surface area contributed by atoms with E-state index >= 15 is 0 Å². The topological polar surface area (TPSA) is 12.0 Å². The molecule has 0 bridgehead atoms. The van der Waals surface area contributed by atoms with Crippen LogP contribution in [0.25, 0.3) is 0 Å². The molecule has 1 aliphatic heterocycles. The molecule has 1 aromatic rings. The van der Waals surface area contributed by atoms with Crippen molar-refractivity contribution < 1.29 is 13.2 Å². The monoisotopic (exact) mass is 229 g/mol. The van der Waals surface area contributed by atoms with Crippen LogP contribution in [0.3, 0.4) is 0 Å². The third-order valence-electron chi connectivity index (χ3n) is 2.97. The molecule has 16 heavy (non-hydrogen) atoms. The molecule has 0 aromatic heterocycles. The quantitative estimate of drug-likeness (QED) is 0.728. The summed E-state index contributed by atoms with van der Waals surface area (Å²) in [5, 5.41) is 3.22. The van der Waals surface area contributed by atoms with Crippen molar-refractivity contribution in [3.63, 3.8) is 0 Å². The molecular weight excluding hydrogens is 215 g/mol. The predicted octanol–water partition coefficient (Wildman–Crippen LogP) is 3.31. The van der Waals surface area contributed by atoms with Crippen molar-refractivity contribution >= 4 is 0 Å². The van der Waals surface area contributed by atoms with E-state index in [2.05, 4.69) is 5.32 Å². The number of halogens is 3. The molecule has 2 rings (SSSR count). The van der Waals surface area contributed by atoms with E-state index in [0.29, 0.717) is 5.56 Å². The van der Waals surface area contributed by atoms with Gasteiger partial charge in [-0.15, -0.1) is 0 Å². The zero-order valence-electron chi connectivity index (χ0n) is 8.90. The van der Waals surface area contributed by atoms with Crippen molar-refractivity contribution in [1.29, 1.82) is 0 Å². The lowest BCUT2D eigenvalue weighted by Crippen LogP contribution is -2.20. The molecule has 1 fully saturated rings. The molecule has 1 saturated heterocycles. The number of nitrogens with one attached hydrogen (secondary N) is 1. The Labute approximate surface area is 92.7 Å². The van der Waals surface area contributed by atoms with Crippen LogP contribution in [0.4, 0.5) is 13.2 Å². The predicted molar refractivity (Wildman–Crippen MR) is 55.5 cm³/mol. The summed E-state index contributed by atoms with van der Waals surface area (Å²) >= 11 is 0. The zero-order valence-corrected chi connectivity index (χ0v) is 8.90. The molecule has 1 aromatic carbocycles. The second-order valence-corrected chi connectivity index (χ2v) is 4.15. The summed E-state index contributed by atoms with van der Waals surface area (Å²) in [4.78, 5) is 0. The van der Waals surface area contributed by atoms with Gasteiger partial charge in [0.15, 0.2) is 17.5 Å². The van der Waals surface area contributed by atoms with Crippen LogP contribution in [0.15, 0.2) is 12.1 Å². The normalized spacial score (nSPS) is 21.8. The van der Waals surface area contributed by atoms with Crippen LogP contribution in [0, 0.1) is 17.5 Å². The summed E-state index contributed by atoms with van der Waals surface area (Å²) < 4.78 is 38.9. The Hall–Kier alpha value is -1.03. The maximum absolute atomic E-state index is 13.1. The molecule has 4 heteroatoms. The SMILES string of the molecule is Fc1cc(C2CCCCCN2)cc(F)c1F. The molecule has 1 heterocycles. The Balaban J connectivity index is 2.25.